The molecule has 19 heavy (non-hydrogen) atoms. The second-order valence-electron chi connectivity index (χ2n) is 5.71. The van der Waals surface area contributed by atoms with Crippen LogP contribution in [0, 0.1) is 11.2 Å². The number of rotatable bonds is 1. The van der Waals surface area contributed by atoms with Crippen molar-refractivity contribution >= 4 is 17.5 Å². The van der Waals surface area contributed by atoms with Crippen molar-refractivity contribution in [1.82, 2.24) is 4.90 Å². The molecule has 1 aromatic carbocycles. The molecule has 5 heteroatoms. The molecular formula is C14H18ClFN2O. The summed E-state index contributed by atoms with van der Waals surface area (Å²) in [6, 6.07) is 4.32. The Kier molecular flexibility index (Phi) is 3.83. The van der Waals surface area contributed by atoms with Gasteiger partial charge in [-0.2, -0.15) is 0 Å². The third-order valence-electron chi connectivity index (χ3n) is 3.78. The van der Waals surface area contributed by atoms with E-state index < -0.39 is 5.82 Å². The molecule has 1 aliphatic heterocycles. The van der Waals surface area contributed by atoms with Gasteiger partial charge in [-0.05, 0) is 24.0 Å². The second-order valence-corrected chi connectivity index (χ2v) is 6.11. The predicted molar refractivity (Wildman–Crippen MR) is 73.7 cm³/mol. The summed E-state index contributed by atoms with van der Waals surface area (Å²) in [5, 5.41) is 0.151. The molecular weight excluding hydrogens is 267 g/mol. The Bertz CT molecular complexity index is 484. The summed E-state index contributed by atoms with van der Waals surface area (Å²) < 4.78 is 13.8. The van der Waals surface area contributed by atoms with Crippen LogP contribution in [-0.4, -0.2) is 29.9 Å². The minimum absolute atomic E-state index is 0.0459. The first-order valence-corrected chi connectivity index (χ1v) is 6.69. The number of likely N-dealkylation sites (tertiary alicyclic amines) is 1. The summed E-state index contributed by atoms with van der Waals surface area (Å²) in [6.07, 6.45) is 0.713. The Hall–Kier alpha value is -1.13. The van der Waals surface area contributed by atoms with Gasteiger partial charge in [0.2, 0.25) is 0 Å². The number of piperidine rings is 1. The molecule has 1 aliphatic rings. The van der Waals surface area contributed by atoms with Gasteiger partial charge in [-0.1, -0.05) is 31.5 Å². The van der Waals surface area contributed by atoms with Crippen LogP contribution >= 0.6 is 11.6 Å². The maximum Gasteiger partial charge on any atom is 0.258 e. The molecule has 0 saturated carbocycles. The highest BCUT2D eigenvalue weighted by Gasteiger charge is 2.36. The highest BCUT2D eigenvalue weighted by Crippen LogP contribution is 2.30. The lowest BCUT2D eigenvalue weighted by Crippen LogP contribution is -2.54. The molecule has 0 radical (unpaired) electrons. The van der Waals surface area contributed by atoms with Crippen molar-refractivity contribution in [2.75, 3.05) is 13.1 Å². The molecule has 1 amide bonds. The van der Waals surface area contributed by atoms with Gasteiger partial charge < -0.3 is 10.6 Å². The molecule has 0 spiro atoms. The van der Waals surface area contributed by atoms with E-state index in [4.69, 9.17) is 17.3 Å². The van der Waals surface area contributed by atoms with E-state index in [1.165, 1.54) is 18.2 Å². The van der Waals surface area contributed by atoms with Crippen molar-refractivity contribution in [3.8, 4) is 0 Å². The smallest absolute Gasteiger partial charge is 0.258 e. The van der Waals surface area contributed by atoms with Gasteiger partial charge in [0.15, 0.2) is 0 Å². The van der Waals surface area contributed by atoms with Gasteiger partial charge in [-0.15, -0.1) is 0 Å². The molecule has 1 atom stereocenters. The fourth-order valence-corrected chi connectivity index (χ4v) is 2.65. The molecule has 0 aromatic heterocycles. The van der Waals surface area contributed by atoms with E-state index in [1.54, 1.807) is 4.90 Å². The fraction of sp³-hybridized carbons (Fsp3) is 0.500. The second kappa shape index (κ2) is 5.10. The number of benzene rings is 1. The van der Waals surface area contributed by atoms with Crippen LogP contribution in [0.25, 0.3) is 0 Å². The lowest BCUT2D eigenvalue weighted by atomic mass is 9.79. The lowest BCUT2D eigenvalue weighted by Gasteiger charge is -2.42. The van der Waals surface area contributed by atoms with Crippen molar-refractivity contribution < 1.29 is 9.18 Å². The average molecular weight is 285 g/mol. The summed E-state index contributed by atoms with van der Waals surface area (Å²) in [4.78, 5) is 14.0. The minimum Gasteiger partial charge on any atom is -0.338 e. The van der Waals surface area contributed by atoms with Crippen molar-refractivity contribution in [3.05, 3.63) is 34.6 Å². The van der Waals surface area contributed by atoms with Gasteiger partial charge >= 0.3 is 0 Å². The van der Waals surface area contributed by atoms with Crippen LogP contribution < -0.4 is 5.73 Å². The maximum absolute atomic E-state index is 13.8. The van der Waals surface area contributed by atoms with E-state index in [9.17, 15) is 9.18 Å². The number of nitrogens with zero attached hydrogens (tertiary/aromatic N) is 1. The minimum atomic E-state index is -0.579. The summed E-state index contributed by atoms with van der Waals surface area (Å²) in [6.45, 7) is 5.08. The Morgan fingerprint density at radius 3 is 2.79 bits per heavy atom. The number of amides is 1. The average Bonchev–Trinajstić information content (AvgIpc) is 2.32. The first kappa shape index (κ1) is 14.3. The standard InChI is InChI=1S/C14H18ClFN2O/c1-14(2)8-18(7-6-11(14)17)13(19)12-9(15)4-3-5-10(12)16/h3-5,11H,6-8,17H2,1-2H3. The van der Waals surface area contributed by atoms with Gasteiger partial charge in [0.05, 0.1) is 10.6 Å². The normalized spacial score (nSPS) is 22.4. The highest BCUT2D eigenvalue weighted by atomic mass is 35.5. The van der Waals surface area contributed by atoms with Gasteiger partial charge in [0, 0.05) is 19.1 Å². The zero-order valence-corrected chi connectivity index (χ0v) is 11.9. The molecule has 104 valence electrons. The molecule has 1 aromatic rings. The highest BCUT2D eigenvalue weighted by molar-refractivity contribution is 6.33. The monoisotopic (exact) mass is 284 g/mol. The molecule has 3 nitrogen and oxygen atoms in total. The van der Waals surface area contributed by atoms with Crippen LogP contribution in [-0.2, 0) is 0 Å². The van der Waals surface area contributed by atoms with Gasteiger partial charge in [-0.3, -0.25) is 4.79 Å². The van der Waals surface area contributed by atoms with Crippen LogP contribution in [0.4, 0.5) is 4.39 Å². The Labute approximate surface area is 117 Å². The topological polar surface area (TPSA) is 46.3 Å². The molecule has 0 bridgehead atoms. The zero-order valence-electron chi connectivity index (χ0n) is 11.1. The molecule has 0 aliphatic carbocycles. The summed E-state index contributed by atoms with van der Waals surface area (Å²) in [5.74, 6) is -0.937. The third-order valence-corrected chi connectivity index (χ3v) is 4.09. The molecule has 2 N–H and O–H groups in total. The van der Waals surface area contributed by atoms with E-state index >= 15 is 0 Å². The summed E-state index contributed by atoms with van der Waals surface area (Å²) in [5.41, 5.74) is 5.81. The molecule has 2 rings (SSSR count). The Balaban J connectivity index is 2.26. The summed E-state index contributed by atoms with van der Waals surface area (Å²) in [7, 11) is 0. The fourth-order valence-electron chi connectivity index (χ4n) is 2.41. The van der Waals surface area contributed by atoms with Crippen LogP contribution in [0.15, 0.2) is 18.2 Å². The third kappa shape index (κ3) is 2.74. The van der Waals surface area contributed by atoms with Crippen molar-refractivity contribution in [3.63, 3.8) is 0 Å². The first-order valence-electron chi connectivity index (χ1n) is 6.32. The number of hydrogen-bond donors (Lipinski definition) is 1. The summed E-state index contributed by atoms with van der Waals surface area (Å²) >= 11 is 5.93. The maximum atomic E-state index is 13.8. The molecule has 1 heterocycles. The zero-order chi connectivity index (χ0) is 14.2. The van der Waals surface area contributed by atoms with Gasteiger partial charge in [-0.25, -0.2) is 4.39 Å². The van der Waals surface area contributed by atoms with Crippen LogP contribution in [0.5, 0.6) is 0 Å². The number of halogens is 2. The van der Waals surface area contributed by atoms with Crippen molar-refractivity contribution in [2.45, 2.75) is 26.3 Å². The largest absolute Gasteiger partial charge is 0.338 e. The quantitative estimate of drug-likeness (QED) is 0.862. The van der Waals surface area contributed by atoms with E-state index in [2.05, 4.69) is 0 Å². The SMILES string of the molecule is CC1(C)CN(C(=O)c2c(F)cccc2Cl)CCC1N. The van der Waals surface area contributed by atoms with E-state index in [0.29, 0.717) is 19.5 Å². The number of carbonyl (C=O) groups excluding carboxylic acids is 1. The Morgan fingerprint density at radius 2 is 2.21 bits per heavy atom. The predicted octanol–water partition coefficient (Wildman–Crippen LogP) is 2.68. The van der Waals surface area contributed by atoms with E-state index in [-0.39, 0.29) is 28.0 Å². The van der Waals surface area contributed by atoms with Crippen LogP contribution in [0.1, 0.15) is 30.6 Å². The first-order chi connectivity index (χ1) is 8.83. The van der Waals surface area contributed by atoms with Crippen LogP contribution in [0.2, 0.25) is 5.02 Å². The Morgan fingerprint density at radius 1 is 1.53 bits per heavy atom. The lowest BCUT2D eigenvalue weighted by molar-refractivity contribution is 0.0529. The van der Waals surface area contributed by atoms with E-state index in [1.807, 2.05) is 13.8 Å². The van der Waals surface area contributed by atoms with Gasteiger partial charge in [0.25, 0.3) is 5.91 Å². The number of carbonyl (C=O) groups is 1. The van der Waals surface area contributed by atoms with E-state index in [0.717, 1.165) is 0 Å². The molecule has 1 fully saturated rings. The van der Waals surface area contributed by atoms with Crippen molar-refractivity contribution in [2.24, 2.45) is 11.1 Å². The number of nitrogens with two attached hydrogens (primary N) is 1. The van der Waals surface area contributed by atoms with Gasteiger partial charge in [0.1, 0.15) is 5.82 Å². The molecule has 1 saturated heterocycles. The number of hydrogen-bond acceptors (Lipinski definition) is 2. The van der Waals surface area contributed by atoms with Crippen LogP contribution in [0.3, 0.4) is 0 Å². The van der Waals surface area contributed by atoms with Crippen molar-refractivity contribution in [1.29, 1.82) is 0 Å². The molecule has 1 unspecified atom stereocenters.